The van der Waals surface area contributed by atoms with Gasteiger partial charge in [-0.05, 0) is 36.4 Å². The first-order valence-corrected chi connectivity index (χ1v) is 7.63. The van der Waals surface area contributed by atoms with Crippen LogP contribution in [-0.4, -0.2) is 36.5 Å². The number of benzene rings is 2. The van der Waals surface area contributed by atoms with E-state index >= 15 is 0 Å². The van der Waals surface area contributed by atoms with Crippen molar-refractivity contribution in [3.8, 4) is 0 Å². The number of para-hydroxylation sites is 2. The van der Waals surface area contributed by atoms with Crippen molar-refractivity contribution in [2.24, 2.45) is 0 Å². The Hall–Kier alpha value is -2.82. The molecule has 1 heterocycles. The molecule has 5 heteroatoms. The maximum absolute atomic E-state index is 12.1. The van der Waals surface area contributed by atoms with Gasteiger partial charge in [0, 0.05) is 38.3 Å². The Morgan fingerprint density at radius 2 is 1.87 bits per heavy atom. The average molecular weight is 308 g/mol. The molecule has 0 aliphatic rings. The second-order valence-corrected chi connectivity index (χ2v) is 5.65. The number of amides is 1. The molecule has 118 valence electrons. The molecule has 1 aromatic heterocycles. The second kappa shape index (κ2) is 6.52. The van der Waals surface area contributed by atoms with Crippen molar-refractivity contribution >= 4 is 22.6 Å². The molecule has 5 nitrogen and oxygen atoms in total. The first kappa shape index (κ1) is 15.1. The highest BCUT2D eigenvalue weighted by atomic mass is 16.1. The number of hydrogen-bond acceptors (Lipinski definition) is 3. The highest BCUT2D eigenvalue weighted by molar-refractivity contribution is 5.94. The molecule has 2 aromatic carbocycles. The first-order chi connectivity index (χ1) is 11.1. The van der Waals surface area contributed by atoms with E-state index in [-0.39, 0.29) is 5.91 Å². The summed E-state index contributed by atoms with van der Waals surface area (Å²) in [5, 5.41) is 2.93. The molecule has 0 aliphatic carbocycles. The number of carbonyl (C=O) groups is 1. The number of aromatic amines is 1. The van der Waals surface area contributed by atoms with E-state index in [9.17, 15) is 4.79 Å². The minimum absolute atomic E-state index is 0.0635. The molecule has 3 aromatic rings. The number of imidazole rings is 1. The molecular weight excluding hydrogens is 288 g/mol. The third-order valence-electron chi connectivity index (χ3n) is 3.73. The molecule has 0 atom stereocenters. The molecule has 0 radical (unpaired) electrons. The normalized spacial score (nSPS) is 10.7. The Bertz CT molecular complexity index is 772. The smallest absolute Gasteiger partial charge is 0.251 e. The van der Waals surface area contributed by atoms with Crippen LogP contribution in [0.15, 0.2) is 48.5 Å². The van der Waals surface area contributed by atoms with Crippen LogP contribution in [0.25, 0.3) is 11.0 Å². The predicted molar refractivity (Wildman–Crippen MR) is 92.9 cm³/mol. The van der Waals surface area contributed by atoms with Crippen LogP contribution in [-0.2, 0) is 6.42 Å². The van der Waals surface area contributed by atoms with Crippen LogP contribution >= 0.6 is 0 Å². The summed E-state index contributed by atoms with van der Waals surface area (Å²) >= 11 is 0. The molecular formula is C18H20N4O. The molecule has 3 rings (SSSR count). The number of hydrogen-bond donors (Lipinski definition) is 2. The lowest BCUT2D eigenvalue weighted by Crippen LogP contribution is -2.26. The van der Waals surface area contributed by atoms with E-state index in [1.165, 1.54) is 0 Å². The molecule has 23 heavy (non-hydrogen) atoms. The summed E-state index contributed by atoms with van der Waals surface area (Å²) in [6, 6.07) is 15.5. The van der Waals surface area contributed by atoms with Gasteiger partial charge in [0.05, 0.1) is 11.0 Å². The van der Waals surface area contributed by atoms with Gasteiger partial charge in [-0.2, -0.15) is 0 Å². The van der Waals surface area contributed by atoms with Crippen LogP contribution < -0.4 is 10.2 Å². The summed E-state index contributed by atoms with van der Waals surface area (Å²) in [5.74, 6) is 0.820. The van der Waals surface area contributed by atoms with Gasteiger partial charge in [-0.1, -0.05) is 12.1 Å². The van der Waals surface area contributed by atoms with Crippen LogP contribution in [0.3, 0.4) is 0 Å². The zero-order valence-electron chi connectivity index (χ0n) is 13.3. The third kappa shape index (κ3) is 3.51. The Kier molecular flexibility index (Phi) is 4.28. The van der Waals surface area contributed by atoms with E-state index in [1.807, 2.05) is 67.5 Å². The summed E-state index contributed by atoms with van der Waals surface area (Å²) in [4.78, 5) is 21.9. The molecule has 0 aliphatic heterocycles. The topological polar surface area (TPSA) is 61.0 Å². The number of nitrogens with one attached hydrogen (secondary N) is 2. The van der Waals surface area contributed by atoms with Gasteiger partial charge in [0.1, 0.15) is 5.82 Å². The predicted octanol–water partition coefficient (Wildman–Crippen LogP) is 2.60. The Labute approximate surface area is 135 Å². The Morgan fingerprint density at radius 3 is 2.57 bits per heavy atom. The number of rotatable bonds is 5. The van der Waals surface area contributed by atoms with Crippen molar-refractivity contribution in [2.45, 2.75) is 6.42 Å². The number of H-pyrrole nitrogens is 1. The summed E-state index contributed by atoms with van der Waals surface area (Å²) in [5.41, 5.74) is 3.71. The van der Waals surface area contributed by atoms with Gasteiger partial charge in [-0.25, -0.2) is 4.98 Å². The largest absolute Gasteiger partial charge is 0.378 e. The average Bonchev–Trinajstić information content (AvgIpc) is 2.97. The van der Waals surface area contributed by atoms with Crippen LogP contribution in [0.4, 0.5) is 5.69 Å². The van der Waals surface area contributed by atoms with E-state index < -0.39 is 0 Å². The lowest BCUT2D eigenvalue weighted by molar-refractivity contribution is 0.0954. The van der Waals surface area contributed by atoms with Crippen LogP contribution in [0.1, 0.15) is 16.2 Å². The van der Waals surface area contributed by atoms with Crippen molar-refractivity contribution in [3.63, 3.8) is 0 Å². The lowest BCUT2D eigenvalue weighted by atomic mass is 10.2. The minimum atomic E-state index is -0.0635. The minimum Gasteiger partial charge on any atom is -0.378 e. The highest BCUT2D eigenvalue weighted by Crippen LogP contribution is 2.12. The van der Waals surface area contributed by atoms with Crippen molar-refractivity contribution < 1.29 is 4.79 Å². The van der Waals surface area contributed by atoms with E-state index in [1.54, 1.807) is 0 Å². The van der Waals surface area contributed by atoms with E-state index in [0.29, 0.717) is 18.5 Å². The Morgan fingerprint density at radius 1 is 1.13 bits per heavy atom. The molecule has 0 saturated carbocycles. The van der Waals surface area contributed by atoms with Gasteiger partial charge in [-0.15, -0.1) is 0 Å². The van der Waals surface area contributed by atoms with Gasteiger partial charge in [-0.3, -0.25) is 4.79 Å². The fourth-order valence-corrected chi connectivity index (χ4v) is 2.43. The van der Waals surface area contributed by atoms with Crippen molar-refractivity contribution in [2.75, 3.05) is 25.5 Å². The number of aromatic nitrogens is 2. The molecule has 1 amide bonds. The lowest BCUT2D eigenvalue weighted by Gasteiger charge is -2.12. The van der Waals surface area contributed by atoms with Gasteiger partial charge in [0.25, 0.3) is 5.91 Å². The number of anilines is 1. The summed E-state index contributed by atoms with van der Waals surface area (Å²) in [6.45, 7) is 0.550. The van der Waals surface area contributed by atoms with E-state index in [4.69, 9.17) is 0 Å². The third-order valence-corrected chi connectivity index (χ3v) is 3.73. The quantitative estimate of drug-likeness (QED) is 0.761. The number of nitrogens with zero attached hydrogens (tertiary/aromatic N) is 2. The van der Waals surface area contributed by atoms with Gasteiger partial charge < -0.3 is 15.2 Å². The number of fused-ring (bicyclic) bond motifs is 1. The fraction of sp³-hybridized carbons (Fsp3) is 0.222. The molecule has 0 saturated heterocycles. The van der Waals surface area contributed by atoms with Crippen molar-refractivity contribution in [1.29, 1.82) is 0 Å². The van der Waals surface area contributed by atoms with Gasteiger partial charge in [0.2, 0.25) is 0 Å². The van der Waals surface area contributed by atoms with Gasteiger partial charge >= 0.3 is 0 Å². The first-order valence-electron chi connectivity index (χ1n) is 7.63. The van der Waals surface area contributed by atoms with Gasteiger partial charge in [0.15, 0.2) is 0 Å². The molecule has 0 spiro atoms. The van der Waals surface area contributed by atoms with Crippen LogP contribution in [0.5, 0.6) is 0 Å². The maximum atomic E-state index is 12.1. The molecule has 0 fully saturated rings. The zero-order chi connectivity index (χ0) is 16.2. The zero-order valence-corrected chi connectivity index (χ0v) is 13.3. The summed E-state index contributed by atoms with van der Waals surface area (Å²) < 4.78 is 0. The van der Waals surface area contributed by atoms with E-state index in [2.05, 4.69) is 15.3 Å². The fourth-order valence-electron chi connectivity index (χ4n) is 2.43. The summed E-state index contributed by atoms with van der Waals surface area (Å²) in [7, 11) is 3.95. The second-order valence-electron chi connectivity index (χ2n) is 5.65. The Balaban J connectivity index is 1.56. The standard InChI is InChI=1S/C18H20N4O/c1-22(2)14-9-7-13(8-10-14)18(23)19-12-11-17-20-15-5-3-4-6-16(15)21-17/h3-10H,11-12H2,1-2H3,(H,19,23)(H,20,21). The van der Waals surface area contributed by atoms with Crippen molar-refractivity contribution in [3.05, 3.63) is 59.9 Å². The molecule has 2 N–H and O–H groups in total. The van der Waals surface area contributed by atoms with Crippen LogP contribution in [0.2, 0.25) is 0 Å². The van der Waals surface area contributed by atoms with Crippen LogP contribution in [0, 0.1) is 0 Å². The highest BCUT2D eigenvalue weighted by Gasteiger charge is 2.07. The molecule has 0 bridgehead atoms. The van der Waals surface area contributed by atoms with Crippen molar-refractivity contribution in [1.82, 2.24) is 15.3 Å². The van der Waals surface area contributed by atoms with E-state index in [0.717, 1.165) is 22.5 Å². The molecule has 0 unspecified atom stereocenters. The maximum Gasteiger partial charge on any atom is 0.251 e. The summed E-state index contributed by atoms with van der Waals surface area (Å²) in [6.07, 6.45) is 0.677. The monoisotopic (exact) mass is 308 g/mol. The SMILES string of the molecule is CN(C)c1ccc(C(=O)NCCc2nc3ccccc3[nH]2)cc1. The number of carbonyl (C=O) groups excluding carboxylic acids is 1.